The van der Waals surface area contributed by atoms with Crippen molar-refractivity contribution in [3.8, 4) is 0 Å². The second-order valence-electron chi connectivity index (χ2n) is 6.33. The first-order valence-electron chi connectivity index (χ1n) is 8.21. The molecule has 0 unspecified atom stereocenters. The minimum atomic E-state index is -4.39. The van der Waals surface area contributed by atoms with E-state index in [0.29, 0.717) is 6.04 Å². The SMILES string of the molecule is Cc1cc(/C=N/NC(=S)Nc2cccc(C(F)(F)F)c2)c(C)n1C1CC1. The van der Waals surface area contributed by atoms with Crippen LogP contribution < -0.4 is 10.7 Å². The molecule has 1 aliphatic rings. The summed E-state index contributed by atoms with van der Waals surface area (Å²) in [7, 11) is 0. The summed E-state index contributed by atoms with van der Waals surface area (Å²) in [5.41, 5.74) is 5.48. The van der Waals surface area contributed by atoms with E-state index in [0.717, 1.165) is 23.4 Å². The molecule has 1 fully saturated rings. The third kappa shape index (κ3) is 4.24. The molecule has 0 aliphatic heterocycles. The van der Waals surface area contributed by atoms with Gasteiger partial charge in [-0.1, -0.05) is 6.07 Å². The highest BCUT2D eigenvalue weighted by Crippen LogP contribution is 2.38. The minimum absolute atomic E-state index is 0.122. The van der Waals surface area contributed by atoms with Crippen LogP contribution in [0.5, 0.6) is 0 Å². The molecule has 0 radical (unpaired) electrons. The van der Waals surface area contributed by atoms with Crippen LogP contribution in [0.1, 0.15) is 41.4 Å². The Bertz CT molecular complexity index is 851. The number of rotatable bonds is 4. The van der Waals surface area contributed by atoms with Crippen molar-refractivity contribution in [2.24, 2.45) is 5.10 Å². The lowest BCUT2D eigenvalue weighted by Gasteiger charge is -2.10. The van der Waals surface area contributed by atoms with Crippen LogP contribution in [0, 0.1) is 13.8 Å². The summed E-state index contributed by atoms with van der Waals surface area (Å²) in [6, 6.07) is 7.49. The van der Waals surface area contributed by atoms with Crippen molar-refractivity contribution >= 4 is 29.2 Å². The number of anilines is 1. The molecule has 2 N–H and O–H groups in total. The predicted octanol–water partition coefficient (Wildman–Crippen LogP) is 4.78. The Morgan fingerprint density at radius 3 is 2.65 bits per heavy atom. The molecule has 26 heavy (non-hydrogen) atoms. The van der Waals surface area contributed by atoms with Gasteiger partial charge in [0.2, 0.25) is 0 Å². The number of hydrazone groups is 1. The van der Waals surface area contributed by atoms with Crippen LogP contribution in [0.3, 0.4) is 0 Å². The smallest absolute Gasteiger partial charge is 0.345 e. The Hall–Kier alpha value is -2.35. The molecule has 0 atom stereocenters. The van der Waals surface area contributed by atoms with Gasteiger partial charge < -0.3 is 9.88 Å². The summed E-state index contributed by atoms with van der Waals surface area (Å²) in [4.78, 5) is 0. The van der Waals surface area contributed by atoms with E-state index in [1.54, 1.807) is 6.21 Å². The number of halogens is 3. The van der Waals surface area contributed by atoms with E-state index in [1.165, 1.54) is 30.7 Å². The molecular formula is C18H19F3N4S. The number of benzene rings is 1. The molecule has 0 saturated heterocycles. The fourth-order valence-corrected chi connectivity index (χ4v) is 3.09. The number of aromatic nitrogens is 1. The van der Waals surface area contributed by atoms with E-state index in [-0.39, 0.29) is 10.8 Å². The zero-order chi connectivity index (χ0) is 18.9. The first-order valence-corrected chi connectivity index (χ1v) is 8.62. The lowest BCUT2D eigenvalue weighted by atomic mass is 10.2. The second-order valence-corrected chi connectivity index (χ2v) is 6.74. The molecule has 138 valence electrons. The van der Waals surface area contributed by atoms with Crippen LogP contribution in [0.25, 0.3) is 0 Å². The number of nitrogens with one attached hydrogen (secondary N) is 2. The maximum Gasteiger partial charge on any atom is 0.416 e. The monoisotopic (exact) mass is 380 g/mol. The molecule has 1 saturated carbocycles. The van der Waals surface area contributed by atoms with E-state index >= 15 is 0 Å². The standard InChI is InChI=1S/C18H19F3N4S/c1-11-8-13(12(2)25(11)16-6-7-16)10-22-24-17(26)23-15-5-3-4-14(9-15)18(19,20)21/h3-5,8-10,16H,6-7H2,1-2H3,(H2,23,24,26)/b22-10+. The Labute approximate surface area is 155 Å². The van der Waals surface area contributed by atoms with Crippen LogP contribution in [0.15, 0.2) is 35.4 Å². The van der Waals surface area contributed by atoms with Gasteiger partial charge in [-0.15, -0.1) is 0 Å². The number of aryl methyl sites for hydroxylation is 1. The normalized spacial score (nSPS) is 14.7. The number of thiocarbonyl (C=S) groups is 1. The van der Waals surface area contributed by atoms with E-state index in [4.69, 9.17) is 12.2 Å². The molecule has 1 heterocycles. The molecule has 1 aliphatic carbocycles. The van der Waals surface area contributed by atoms with Crippen molar-refractivity contribution in [3.05, 3.63) is 52.8 Å². The lowest BCUT2D eigenvalue weighted by molar-refractivity contribution is -0.137. The fraction of sp³-hybridized carbons (Fsp3) is 0.333. The van der Waals surface area contributed by atoms with Crippen molar-refractivity contribution in [3.63, 3.8) is 0 Å². The Morgan fingerprint density at radius 2 is 2.00 bits per heavy atom. The average molecular weight is 380 g/mol. The van der Waals surface area contributed by atoms with E-state index in [1.807, 2.05) is 6.92 Å². The van der Waals surface area contributed by atoms with Gasteiger partial charge >= 0.3 is 6.18 Å². The van der Waals surface area contributed by atoms with Gasteiger partial charge in [0.25, 0.3) is 0 Å². The number of hydrogen-bond donors (Lipinski definition) is 2. The Kier molecular flexibility index (Phi) is 5.04. The average Bonchev–Trinajstić information content (AvgIpc) is 3.34. The molecule has 1 aromatic heterocycles. The molecule has 3 rings (SSSR count). The summed E-state index contributed by atoms with van der Waals surface area (Å²) in [6.07, 6.45) is -0.317. The van der Waals surface area contributed by atoms with Crippen LogP contribution in [-0.2, 0) is 6.18 Å². The second kappa shape index (κ2) is 7.11. The minimum Gasteiger partial charge on any atom is -0.345 e. The molecule has 0 amide bonds. The predicted molar refractivity (Wildman–Crippen MR) is 101 cm³/mol. The lowest BCUT2D eigenvalue weighted by Crippen LogP contribution is -2.24. The van der Waals surface area contributed by atoms with Gasteiger partial charge in [-0.05, 0) is 63.2 Å². The summed E-state index contributed by atoms with van der Waals surface area (Å²) < 4.78 is 40.5. The quantitative estimate of drug-likeness (QED) is 0.456. The van der Waals surface area contributed by atoms with Gasteiger partial charge in [0, 0.05) is 28.7 Å². The summed E-state index contributed by atoms with van der Waals surface area (Å²) in [5, 5.41) is 6.91. The Balaban J connectivity index is 1.61. The van der Waals surface area contributed by atoms with Crippen molar-refractivity contribution < 1.29 is 13.2 Å². The number of nitrogens with zero attached hydrogens (tertiary/aromatic N) is 2. The largest absolute Gasteiger partial charge is 0.416 e. The third-order valence-electron chi connectivity index (χ3n) is 4.25. The van der Waals surface area contributed by atoms with E-state index < -0.39 is 11.7 Å². The maximum absolute atomic E-state index is 12.7. The fourth-order valence-electron chi connectivity index (χ4n) is 2.92. The van der Waals surface area contributed by atoms with Gasteiger partial charge in [-0.2, -0.15) is 18.3 Å². The molecule has 4 nitrogen and oxygen atoms in total. The molecular weight excluding hydrogens is 361 g/mol. The third-order valence-corrected chi connectivity index (χ3v) is 4.45. The first kappa shape index (κ1) is 18.4. The van der Waals surface area contributed by atoms with Gasteiger partial charge in [-0.3, -0.25) is 5.43 Å². The van der Waals surface area contributed by atoms with Crippen LogP contribution in [-0.4, -0.2) is 15.9 Å². The van der Waals surface area contributed by atoms with Crippen LogP contribution in [0.2, 0.25) is 0 Å². The summed E-state index contributed by atoms with van der Waals surface area (Å²) in [6.45, 7) is 4.11. The van der Waals surface area contributed by atoms with Gasteiger partial charge in [0.05, 0.1) is 11.8 Å². The topological polar surface area (TPSA) is 41.4 Å². The van der Waals surface area contributed by atoms with Crippen LogP contribution >= 0.6 is 12.2 Å². The molecule has 1 aromatic carbocycles. The highest BCUT2D eigenvalue weighted by Gasteiger charge is 2.30. The van der Waals surface area contributed by atoms with Crippen molar-refractivity contribution in [1.82, 2.24) is 9.99 Å². The molecule has 0 spiro atoms. The van der Waals surface area contributed by atoms with E-state index in [9.17, 15) is 13.2 Å². The van der Waals surface area contributed by atoms with Gasteiger partial charge in [0.15, 0.2) is 5.11 Å². The van der Waals surface area contributed by atoms with Gasteiger partial charge in [-0.25, -0.2) is 0 Å². The number of hydrogen-bond acceptors (Lipinski definition) is 2. The van der Waals surface area contributed by atoms with Crippen molar-refractivity contribution in [2.45, 2.75) is 38.9 Å². The zero-order valence-corrected chi connectivity index (χ0v) is 15.2. The highest BCUT2D eigenvalue weighted by atomic mass is 32.1. The first-order chi connectivity index (χ1) is 12.3. The maximum atomic E-state index is 12.7. The summed E-state index contributed by atoms with van der Waals surface area (Å²) in [5.74, 6) is 0. The van der Waals surface area contributed by atoms with Crippen molar-refractivity contribution in [2.75, 3.05) is 5.32 Å². The molecule has 0 bridgehead atoms. The highest BCUT2D eigenvalue weighted by molar-refractivity contribution is 7.80. The summed E-state index contributed by atoms with van der Waals surface area (Å²) >= 11 is 5.08. The number of alkyl halides is 3. The Morgan fingerprint density at radius 1 is 1.27 bits per heavy atom. The van der Waals surface area contributed by atoms with Crippen LogP contribution in [0.4, 0.5) is 18.9 Å². The van der Waals surface area contributed by atoms with Crippen molar-refractivity contribution in [1.29, 1.82) is 0 Å². The van der Waals surface area contributed by atoms with E-state index in [2.05, 4.69) is 33.4 Å². The molecule has 8 heteroatoms. The molecule has 2 aromatic rings. The zero-order valence-electron chi connectivity index (χ0n) is 14.4. The van der Waals surface area contributed by atoms with Gasteiger partial charge in [0.1, 0.15) is 0 Å².